The van der Waals surface area contributed by atoms with Crippen molar-refractivity contribution in [2.45, 2.75) is 25.3 Å². The summed E-state index contributed by atoms with van der Waals surface area (Å²) < 4.78 is 5.11. The van der Waals surface area contributed by atoms with Crippen LogP contribution in [-0.2, 0) is 15.1 Å². The van der Waals surface area contributed by atoms with Gasteiger partial charge in [0, 0.05) is 36.1 Å². The number of nitrogens with zero attached hydrogens (tertiary/aromatic N) is 2. The van der Waals surface area contributed by atoms with E-state index in [-0.39, 0.29) is 11.6 Å². The molecule has 0 saturated heterocycles. The first-order valence-electron chi connectivity index (χ1n) is 8.56. The van der Waals surface area contributed by atoms with E-state index in [9.17, 15) is 14.9 Å². The third-order valence-corrected chi connectivity index (χ3v) is 5.05. The Balaban J connectivity index is 2.17. The molecule has 140 valence electrons. The number of methoxy groups -OCH3 is 1. The Hall–Kier alpha value is -3.22. The standard InChI is InChI=1S/C20H21N3O4/c1-13-10-17(14-6-4-8-16(11-14)23(25)26)18(19(24)27-3)20(2,22-13)15-7-5-9-21-12-15/h4-12,17-18,22H,1-3H3. The summed E-state index contributed by atoms with van der Waals surface area (Å²) in [6, 6.07) is 10.1. The summed E-state index contributed by atoms with van der Waals surface area (Å²) in [5.41, 5.74) is 1.61. The zero-order valence-corrected chi connectivity index (χ0v) is 15.4. The molecule has 2 aromatic rings. The van der Waals surface area contributed by atoms with Gasteiger partial charge in [-0.15, -0.1) is 0 Å². The lowest BCUT2D eigenvalue weighted by Crippen LogP contribution is -2.53. The van der Waals surface area contributed by atoms with Crippen molar-refractivity contribution in [3.05, 3.63) is 81.8 Å². The van der Waals surface area contributed by atoms with E-state index >= 15 is 0 Å². The Morgan fingerprint density at radius 3 is 2.74 bits per heavy atom. The normalized spacial score (nSPS) is 24.5. The minimum absolute atomic E-state index is 0.0104. The van der Waals surface area contributed by atoms with Gasteiger partial charge >= 0.3 is 5.97 Å². The largest absolute Gasteiger partial charge is 0.469 e. The van der Waals surface area contributed by atoms with Crippen molar-refractivity contribution in [1.82, 2.24) is 10.3 Å². The van der Waals surface area contributed by atoms with Gasteiger partial charge in [0.1, 0.15) is 0 Å². The number of nitro benzene ring substituents is 1. The Labute approximate surface area is 157 Å². The summed E-state index contributed by atoms with van der Waals surface area (Å²) >= 11 is 0. The van der Waals surface area contributed by atoms with Crippen molar-refractivity contribution in [1.29, 1.82) is 0 Å². The molecule has 1 aromatic heterocycles. The first kappa shape index (κ1) is 18.6. The Morgan fingerprint density at radius 1 is 1.33 bits per heavy atom. The highest BCUT2D eigenvalue weighted by atomic mass is 16.6. The SMILES string of the molecule is COC(=O)C1C(c2cccc([N+](=O)[O-])c2)C=C(C)NC1(C)c1cccnc1. The molecular formula is C20H21N3O4. The van der Waals surface area contributed by atoms with Crippen LogP contribution in [0.2, 0.25) is 0 Å². The number of carbonyl (C=O) groups is 1. The van der Waals surface area contributed by atoms with Gasteiger partial charge in [0.25, 0.3) is 5.69 Å². The second-order valence-electron chi connectivity index (χ2n) is 6.80. The number of rotatable bonds is 4. The van der Waals surface area contributed by atoms with Crippen molar-refractivity contribution < 1.29 is 14.5 Å². The zero-order valence-electron chi connectivity index (χ0n) is 15.4. The second-order valence-corrected chi connectivity index (χ2v) is 6.80. The maximum absolute atomic E-state index is 12.8. The number of nitro groups is 1. The lowest BCUT2D eigenvalue weighted by molar-refractivity contribution is -0.384. The van der Waals surface area contributed by atoms with Crippen LogP contribution >= 0.6 is 0 Å². The minimum atomic E-state index is -0.782. The van der Waals surface area contributed by atoms with E-state index < -0.39 is 22.3 Å². The molecule has 3 atom stereocenters. The van der Waals surface area contributed by atoms with Crippen LogP contribution in [0.3, 0.4) is 0 Å². The summed E-state index contributed by atoms with van der Waals surface area (Å²) in [6.45, 7) is 3.83. The van der Waals surface area contributed by atoms with Gasteiger partial charge in [-0.2, -0.15) is 0 Å². The Morgan fingerprint density at radius 2 is 2.11 bits per heavy atom. The molecule has 3 rings (SSSR count). The van der Waals surface area contributed by atoms with Crippen molar-refractivity contribution in [2.75, 3.05) is 7.11 Å². The molecule has 3 unspecified atom stereocenters. The number of pyridine rings is 1. The van der Waals surface area contributed by atoms with Crippen LogP contribution in [0.1, 0.15) is 30.9 Å². The maximum atomic E-state index is 12.8. The van der Waals surface area contributed by atoms with E-state index in [2.05, 4.69) is 10.3 Å². The fourth-order valence-corrected chi connectivity index (χ4v) is 3.82. The Bertz CT molecular complexity index is 897. The molecule has 0 aliphatic carbocycles. The van der Waals surface area contributed by atoms with Crippen molar-refractivity contribution in [2.24, 2.45) is 5.92 Å². The summed E-state index contributed by atoms with van der Waals surface area (Å²) in [5, 5.41) is 14.6. The minimum Gasteiger partial charge on any atom is -0.469 e. The number of carbonyl (C=O) groups excluding carboxylic acids is 1. The third-order valence-electron chi connectivity index (χ3n) is 5.05. The van der Waals surface area contributed by atoms with Crippen LogP contribution in [0.15, 0.2) is 60.6 Å². The lowest BCUT2D eigenvalue weighted by atomic mass is 9.68. The molecule has 27 heavy (non-hydrogen) atoms. The second kappa shape index (κ2) is 7.19. The summed E-state index contributed by atoms with van der Waals surface area (Å²) in [6.07, 6.45) is 5.30. The lowest BCUT2D eigenvalue weighted by Gasteiger charge is -2.45. The summed E-state index contributed by atoms with van der Waals surface area (Å²) in [4.78, 5) is 27.8. The number of aromatic nitrogens is 1. The zero-order chi connectivity index (χ0) is 19.6. The number of benzene rings is 1. The number of nitrogens with one attached hydrogen (secondary N) is 1. The predicted molar refractivity (Wildman–Crippen MR) is 99.8 cm³/mol. The fraction of sp³-hybridized carbons (Fsp3) is 0.300. The fourth-order valence-electron chi connectivity index (χ4n) is 3.82. The highest BCUT2D eigenvalue weighted by Crippen LogP contribution is 2.44. The molecule has 0 bridgehead atoms. The Kier molecular flexibility index (Phi) is 4.94. The van der Waals surface area contributed by atoms with Crippen LogP contribution in [0.25, 0.3) is 0 Å². The van der Waals surface area contributed by atoms with Gasteiger partial charge in [-0.25, -0.2) is 0 Å². The summed E-state index contributed by atoms with van der Waals surface area (Å²) in [5.74, 6) is -1.41. The quantitative estimate of drug-likeness (QED) is 0.506. The number of ether oxygens (including phenoxy) is 1. The smallest absolute Gasteiger partial charge is 0.312 e. The van der Waals surface area contributed by atoms with Crippen LogP contribution in [0, 0.1) is 16.0 Å². The van der Waals surface area contributed by atoms with Crippen LogP contribution in [-0.4, -0.2) is 23.0 Å². The first-order chi connectivity index (χ1) is 12.9. The van der Waals surface area contributed by atoms with E-state index in [1.54, 1.807) is 24.5 Å². The monoisotopic (exact) mass is 367 g/mol. The molecule has 0 fully saturated rings. The number of hydrogen-bond donors (Lipinski definition) is 1. The number of hydrogen-bond acceptors (Lipinski definition) is 6. The highest BCUT2D eigenvalue weighted by molar-refractivity contribution is 5.77. The van der Waals surface area contributed by atoms with E-state index in [1.165, 1.54) is 19.2 Å². The van der Waals surface area contributed by atoms with Crippen molar-refractivity contribution in [3.8, 4) is 0 Å². The van der Waals surface area contributed by atoms with Gasteiger partial charge in [-0.3, -0.25) is 19.9 Å². The number of esters is 1. The molecular weight excluding hydrogens is 346 g/mol. The topological polar surface area (TPSA) is 94.4 Å². The van der Waals surface area contributed by atoms with E-state index in [1.807, 2.05) is 32.1 Å². The predicted octanol–water partition coefficient (Wildman–Crippen LogP) is 3.29. The van der Waals surface area contributed by atoms with Crippen LogP contribution in [0.5, 0.6) is 0 Å². The molecule has 0 radical (unpaired) electrons. The number of non-ortho nitro benzene ring substituents is 1. The summed E-state index contributed by atoms with van der Waals surface area (Å²) in [7, 11) is 1.35. The number of allylic oxidation sites excluding steroid dienone is 2. The van der Waals surface area contributed by atoms with Gasteiger partial charge in [-0.1, -0.05) is 24.3 Å². The molecule has 0 spiro atoms. The molecule has 1 aliphatic heterocycles. The van der Waals surface area contributed by atoms with Crippen LogP contribution in [0.4, 0.5) is 5.69 Å². The van der Waals surface area contributed by atoms with Crippen LogP contribution < -0.4 is 5.32 Å². The first-order valence-corrected chi connectivity index (χ1v) is 8.56. The third kappa shape index (κ3) is 3.40. The van der Waals surface area contributed by atoms with Gasteiger partial charge in [0.2, 0.25) is 0 Å². The maximum Gasteiger partial charge on any atom is 0.312 e. The van der Waals surface area contributed by atoms with Gasteiger partial charge in [0.15, 0.2) is 0 Å². The van der Waals surface area contributed by atoms with Crippen molar-refractivity contribution in [3.63, 3.8) is 0 Å². The van der Waals surface area contributed by atoms with Gasteiger partial charge < -0.3 is 10.1 Å². The molecule has 2 heterocycles. The molecule has 0 amide bonds. The van der Waals surface area contributed by atoms with E-state index in [0.29, 0.717) is 5.56 Å². The average Bonchev–Trinajstić information content (AvgIpc) is 2.67. The van der Waals surface area contributed by atoms with Gasteiger partial charge in [0.05, 0.1) is 23.5 Å². The molecule has 7 heteroatoms. The van der Waals surface area contributed by atoms with E-state index in [0.717, 1.165) is 11.3 Å². The molecule has 1 aliphatic rings. The molecule has 0 saturated carbocycles. The highest BCUT2D eigenvalue weighted by Gasteiger charge is 2.48. The molecule has 7 nitrogen and oxygen atoms in total. The van der Waals surface area contributed by atoms with Crippen molar-refractivity contribution >= 4 is 11.7 Å². The molecule has 1 aromatic carbocycles. The average molecular weight is 367 g/mol. The molecule has 1 N–H and O–H groups in total. The van der Waals surface area contributed by atoms with Gasteiger partial charge in [-0.05, 0) is 31.0 Å². The van der Waals surface area contributed by atoms with E-state index in [4.69, 9.17) is 4.74 Å².